The van der Waals surface area contributed by atoms with Crippen LogP contribution in [0.5, 0.6) is 0 Å². The van der Waals surface area contributed by atoms with Crippen LogP contribution >= 0.6 is 0 Å². The summed E-state index contributed by atoms with van der Waals surface area (Å²) in [4.78, 5) is 32.1. The zero-order chi connectivity index (χ0) is 16.0. The number of nitro benzene ring substituents is 1. The molecule has 0 fully saturated rings. The molecule has 1 aromatic carbocycles. The highest BCUT2D eigenvalue weighted by molar-refractivity contribution is 5.95. The predicted molar refractivity (Wildman–Crippen MR) is 71.6 cm³/mol. The fourth-order valence-electron chi connectivity index (χ4n) is 1.72. The molecule has 0 saturated heterocycles. The smallest absolute Gasteiger partial charge is 0.303 e. The monoisotopic (exact) mass is 298 g/mol. The van der Waals surface area contributed by atoms with Crippen molar-refractivity contribution >= 4 is 17.6 Å². The van der Waals surface area contributed by atoms with E-state index in [1.54, 1.807) is 0 Å². The molecule has 21 heavy (non-hydrogen) atoms. The second kappa shape index (κ2) is 7.32. The summed E-state index contributed by atoms with van der Waals surface area (Å²) in [5.74, 6) is -2.49. The second-order valence-corrected chi connectivity index (χ2v) is 4.49. The number of aliphatic carboxylic acids is 1. The SMILES string of the molecule is Cc1cc([N+](=O)[O-])cc(C(=O)NCCCCC(=O)O)c1F. The van der Waals surface area contributed by atoms with E-state index in [0.717, 1.165) is 12.1 Å². The van der Waals surface area contributed by atoms with Gasteiger partial charge in [-0.05, 0) is 25.3 Å². The Kier molecular flexibility index (Phi) is 5.77. The molecule has 0 saturated carbocycles. The van der Waals surface area contributed by atoms with E-state index in [0.29, 0.717) is 12.8 Å². The van der Waals surface area contributed by atoms with E-state index in [1.165, 1.54) is 6.92 Å². The average Bonchev–Trinajstić information content (AvgIpc) is 2.40. The lowest BCUT2D eigenvalue weighted by Gasteiger charge is -2.07. The minimum absolute atomic E-state index is 0.0137. The van der Waals surface area contributed by atoms with E-state index in [-0.39, 0.29) is 29.8 Å². The minimum Gasteiger partial charge on any atom is -0.481 e. The van der Waals surface area contributed by atoms with Gasteiger partial charge >= 0.3 is 5.97 Å². The van der Waals surface area contributed by atoms with Crippen molar-refractivity contribution in [1.29, 1.82) is 0 Å². The Morgan fingerprint density at radius 1 is 1.38 bits per heavy atom. The predicted octanol–water partition coefficient (Wildman–Crippen LogP) is 2.03. The lowest BCUT2D eigenvalue weighted by atomic mass is 10.1. The molecule has 1 amide bonds. The van der Waals surface area contributed by atoms with Crippen LogP contribution < -0.4 is 5.32 Å². The maximum atomic E-state index is 13.8. The fraction of sp³-hybridized carbons (Fsp3) is 0.385. The van der Waals surface area contributed by atoms with Gasteiger partial charge in [0.1, 0.15) is 5.82 Å². The molecule has 2 N–H and O–H groups in total. The molecular weight excluding hydrogens is 283 g/mol. The number of carboxylic acid groups (broad SMARTS) is 1. The van der Waals surface area contributed by atoms with Crippen LogP contribution in [0, 0.1) is 22.9 Å². The summed E-state index contributed by atoms with van der Waals surface area (Å²) in [6.45, 7) is 1.51. The Morgan fingerprint density at radius 3 is 2.62 bits per heavy atom. The minimum atomic E-state index is -0.929. The number of hydrogen-bond acceptors (Lipinski definition) is 4. The molecule has 0 heterocycles. The molecule has 0 unspecified atom stereocenters. The van der Waals surface area contributed by atoms with Gasteiger partial charge < -0.3 is 10.4 Å². The Morgan fingerprint density at radius 2 is 2.05 bits per heavy atom. The molecule has 0 aliphatic heterocycles. The molecule has 0 aliphatic rings. The van der Waals surface area contributed by atoms with Crippen LogP contribution in [0.4, 0.5) is 10.1 Å². The topological polar surface area (TPSA) is 110 Å². The molecular formula is C13H15FN2O5. The average molecular weight is 298 g/mol. The summed E-state index contributed by atoms with van der Waals surface area (Å²) in [5.41, 5.74) is -0.731. The van der Waals surface area contributed by atoms with Crippen LogP contribution in [0.2, 0.25) is 0 Å². The molecule has 0 radical (unpaired) electrons. The number of amides is 1. The summed E-state index contributed by atoms with van der Waals surface area (Å²) in [6, 6.07) is 1.94. The van der Waals surface area contributed by atoms with Gasteiger partial charge in [-0.1, -0.05) is 0 Å². The first kappa shape index (κ1) is 16.5. The quantitative estimate of drug-likeness (QED) is 0.454. The molecule has 1 aromatic rings. The van der Waals surface area contributed by atoms with Crippen molar-refractivity contribution in [1.82, 2.24) is 5.32 Å². The summed E-state index contributed by atoms with van der Waals surface area (Å²) < 4.78 is 13.8. The Bertz CT molecular complexity index is 574. The number of nitrogens with zero attached hydrogens (tertiary/aromatic N) is 1. The van der Waals surface area contributed by atoms with Crippen molar-refractivity contribution in [3.05, 3.63) is 39.2 Å². The maximum Gasteiger partial charge on any atom is 0.303 e. The number of rotatable bonds is 7. The maximum absolute atomic E-state index is 13.8. The standard InChI is InChI=1S/C13H15FN2O5/c1-8-6-9(16(20)21)7-10(12(8)14)13(19)15-5-3-2-4-11(17)18/h6-7H,2-5H2,1H3,(H,15,19)(H,17,18). The number of benzene rings is 1. The lowest BCUT2D eigenvalue weighted by molar-refractivity contribution is -0.385. The van der Waals surface area contributed by atoms with Crippen molar-refractivity contribution < 1.29 is 24.0 Å². The first-order valence-corrected chi connectivity index (χ1v) is 6.27. The van der Waals surface area contributed by atoms with E-state index < -0.39 is 22.6 Å². The number of aryl methyl sites for hydroxylation is 1. The number of nitrogens with one attached hydrogen (secondary N) is 1. The third kappa shape index (κ3) is 4.83. The molecule has 0 atom stereocenters. The van der Waals surface area contributed by atoms with Gasteiger partial charge in [-0.3, -0.25) is 19.7 Å². The largest absolute Gasteiger partial charge is 0.481 e. The molecule has 0 bridgehead atoms. The van der Waals surface area contributed by atoms with Gasteiger partial charge in [-0.25, -0.2) is 4.39 Å². The number of hydrogen-bond donors (Lipinski definition) is 2. The number of carboxylic acids is 1. The number of carbonyl (C=O) groups is 2. The normalized spacial score (nSPS) is 10.2. The van der Waals surface area contributed by atoms with E-state index in [4.69, 9.17) is 5.11 Å². The summed E-state index contributed by atoms with van der Waals surface area (Å²) in [6.07, 6.45) is 0.791. The highest BCUT2D eigenvalue weighted by atomic mass is 19.1. The van der Waals surface area contributed by atoms with Crippen molar-refractivity contribution in [2.45, 2.75) is 26.2 Å². The number of unbranched alkanes of at least 4 members (excludes halogenated alkanes) is 1. The van der Waals surface area contributed by atoms with Crippen LogP contribution in [0.3, 0.4) is 0 Å². The molecule has 0 aliphatic carbocycles. The highest BCUT2D eigenvalue weighted by Gasteiger charge is 2.19. The number of non-ortho nitro benzene ring substituents is 1. The lowest BCUT2D eigenvalue weighted by Crippen LogP contribution is -2.26. The Balaban J connectivity index is 2.69. The van der Waals surface area contributed by atoms with Crippen LogP contribution in [-0.4, -0.2) is 28.5 Å². The van der Waals surface area contributed by atoms with Crippen molar-refractivity contribution in [3.63, 3.8) is 0 Å². The summed E-state index contributed by atoms with van der Waals surface area (Å²) >= 11 is 0. The van der Waals surface area contributed by atoms with Crippen LogP contribution in [0.15, 0.2) is 12.1 Å². The van der Waals surface area contributed by atoms with E-state index in [1.807, 2.05) is 0 Å². The summed E-state index contributed by atoms with van der Waals surface area (Å²) in [5, 5.41) is 21.6. The van der Waals surface area contributed by atoms with Gasteiger partial charge in [0.25, 0.3) is 11.6 Å². The van der Waals surface area contributed by atoms with Crippen LogP contribution in [0.1, 0.15) is 35.2 Å². The molecule has 114 valence electrons. The van der Waals surface area contributed by atoms with Gasteiger partial charge in [0.15, 0.2) is 0 Å². The van der Waals surface area contributed by atoms with Crippen molar-refractivity contribution in [2.75, 3.05) is 6.54 Å². The van der Waals surface area contributed by atoms with Gasteiger partial charge in [0, 0.05) is 25.1 Å². The molecule has 7 nitrogen and oxygen atoms in total. The molecule has 0 spiro atoms. The number of halogens is 1. The van der Waals surface area contributed by atoms with Crippen LogP contribution in [0.25, 0.3) is 0 Å². The number of nitro groups is 1. The first-order valence-electron chi connectivity index (χ1n) is 6.27. The third-order valence-electron chi connectivity index (χ3n) is 2.80. The van der Waals surface area contributed by atoms with Gasteiger partial charge in [0.05, 0.1) is 10.5 Å². The van der Waals surface area contributed by atoms with Gasteiger partial charge in [-0.15, -0.1) is 0 Å². The summed E-state index contributed by atoms with van der Waals surface area (Å²) in [7, 11) is 0. The van der Waals surface area contributed by atoms with E-state index in [9.17, 15) is 24.1 Å². The molecule has 1 rings (SSSR count). The molecule has 8 heteroatoms. The zero-order valence-electron chi connectivity index (χ0n) is 11.4. The van der Waals surface area contributed by atoms with E-state index >= 15 is 0 Å². The zero-order valence-corrected chi connectivity index (χ0v) is 11.4. The fourth-order valence-corrected chi connectivity index (χ4v) is 1.72. The number of carbonyl (C=O) groups excluding carboxylic acids is 1. The highest BCUT2D eigenvalue weighted by Crippen LogP contribution is 2.20. The van der Waals surface area contributed by atoms with Crippen LogP contribution in [-0.2, 0) is 4.79 Å². The van der Waals surface area contributed by atoms with Gasteiger partial charge in [-0.2, -0.15) is 0 Å². The third-order valence-corrected chi connectivity index (χ3v) is 2.80. The van der Waals surface area contributed by atoms with Crippen molar-refractivity contribution in [2.24, 2.45) is 0 Å². The Hall–Kier alpha value is -2.51. The second-order valence-electron chi connectivity index (χ2n) is 4.49. The van der Waals surface area contributed by atoms with Gasteiger partial charge in [0.2, 0.25) is 0 Å². The van der Waals surface area contributed by atoms with Crippen molar-refractivity contribution in [3.8, 4) is 0 Å². The van der Waals surface area contributed by atoms with E-state index in [2.05, 4.69) is 5.32 Å². The molecule has 0 aromatic heterocycles. The first-order chi connectivity index (χ1) is 9.82. The Labute approximate surface area is 119 Å².